The van der Waals surface area contributed by atoms with Crippen LogP contribution in [0, 0.1) is 13.8 Å². The Bertz CT molecular complexity index is 532. The molecule has 0 saturated heterocycles. The molecule has 0 unspecified atom stereocenters. The second kappa shape index (κ2) is 4.18. The largest absolute Gasteiger partial charge is 0.508 e. The van der Waals surface area contributed by atoms with Crippen LogP contribution in [0.15, 0.2) is 36.4 Å². The first-order valence-corrected chi connectivity index (χ1v) is 5.52. The molecule has 0 heterocycles. The van der Waals surface area contributed by atoms with Gasteiger partial charge in [0.25, 0.3) is 0 Å². The molecular formula is C14H13ClO. The fraction of sp³-hybridized carbons (Fsp3) is 0.143. The van der Waals surface area contributed by atoms with E-state index in [0.29, 0.717) is 5.75 Å². The molecule has 1 nitrogen and oxygen atoms in total. The van der Waals surface area contributed by atoms with Crippen LogP contribution in [0.2, 0.25) is 5.02 Å². The van der Waals surface area contributed by atoms with E-state index in [0.717, 1.165) is 27.3 Å². The number of aromatic hydroxyl groups is 1. The lowest BCUT2D eigenvalue weighted by Crippen LogP contribution is -1.85. The molecule has 0 atom stereocenters. The Labute approximate surface area is 100 Å². The Morgan fingerprint density at radius 3 is 2.50 bits per heavy atom. The number of hydrogen-bond acceptors (Lipinski definition) is 1. The lowest BCUT2D eigenvalue weighted by Gasteiger charge is -2.09. The standard InChI is InChI=1S/C14H13ClO/c1-9-8-11(6-7-14(9)16)12-4-3-5-13(15)10(12)2/h3-8,16H,1-2H3. The highest BCUT2D eigenvalue weighted by molar-refractivity contribution is 6.31. The van der Waals surface area contributed by atoms with Gasteiger partial charge in [0.1, 0.15) is 5.75 Å². The Hall–Kier alpha value is -1.47. The Balaban J connectivity index is 2.59. The average molecular weight is 233 g/mol. The molecule has 0 radical (unpaired) electrons. The fourth-order valence-electron chi connectivity index (χ4n) is 1.74. The van der Waals surface area contributed by atoms with E-state index < -0.39 is 0 Å². The quantitative estimate of drug-likeness (QED) is 0.776. The molecule has 2 rings (SSSR count). The SMILES string of the molecule is Cc1cc(-c2cccc(Cl)c2C)ccc1O. The van der Waals surface area contributed by atoms with Gasteiger partial charge in [-0.3, -0.25) is 0 Å². The summed E-state index contributed by atoms with van der Waals surface area (Å²) in [6.07, 6.45) is 0. The molecule has 82 valence electrons. The molecule has 1 N–H and O–H groups in total. The molecule has 0 spiro atoms. The van der Waals surface area contributed by atoms with Crippen LogP contribution in [0.5, 0.6) is 5.75 Å². The molecular weight excluding hydrogens is 220 g/mol. The third-order valence-electron chi connectivity index (χ3n) is 2.78. The monoisotopic (exact) mass is 232 g/mol. The van der Waals surface area contributed by atoms with E-state index in [1.165, 1.54) is 0 Å². The van der Waals surface area contributed by atoms with Gasteiger partial charge in [-0.25, -0.2) is 0 Å². The van der Waals surface area contributed by atoms with Crippen molar-refractivity contribution in [1.29, 1.82) is 0 Å². The normalized spacial score (nSPS) is 10.4. The third-order valence-corrected chi connectivity index (χ3v) is 3.18. The van der Waals surface area contributed by atoms with Gasteiger partial charge in [-0.15, -0.1) is 0 Å². The number of benzene rings is 2. The van der Waals surface area contributed by atoms with Crippen LogP contribution in [0.4, 0.5) is 0 Å². The topological polar surface area (TPSA) is 20.2 Å². The predicted molar refractivity (Wildman–Crippen MR) is 68.0 cm³/mol. The molecule has 0 fully saturated rings. The zero-order chi connectivity index (χ0) is 11.7. The number of halogens is 1. The first-order valence-electron chi connectivity index (χ1n) is 5.14. The highest BCUT2D eigenvalue weighted by Gasteiger charge is 2.06. The molecule has 0 aliphatic heterocycles. The number of aryl methyl sites for hydroxylation is 1. The van der Waals surface area contributed by atoms with Gasteiger partial charge in [-0.05, 0) is 54.3 Å². The number of rotatable bonds is 1. The lowest BCUT2D eigenvalue weighted by atomic mass is 9.99. The van der Waals surface area contributed by atoms with Crippen molar-refractivity contribution < 1.29 is 5.11 Å². The smallest absolute Gasteiger partial charge is 0.118 e. The number of phenols is 1. The van der Waals surface area contributed by atoms with Crippen LogP contribution in [-0.4, -0.2) is 5.11 Å². The predicted octanol–water partition coefficient (Wildman–Crippen LogP) is 4.33. The molecule has 16 heavy (non-hydrogen) atoms. The van der Waals surface area contributed by atoms with E-state index in [-0.39, 0.29) is 0 Å². The van der Waals surface area contributed by atoms with Gasteiger partial charge in [0, 0.05) is 5.02 Å². The molecule has 2 aromatic rings. The van der Waals surface area contributed by atoms with Crippen molar-refractivity contribution in [2.75, 3.05) is 0 Å². The lowest BCUT2D eigenvalue weighted by molar-refractivity contribution is 0.471. The zero-order valence-corrected chi connectivity index (χ0v) is 10.0. The summed E-state index contributed by atoms with van der Waals surface area (Å²) >= 11 is 6.09. The molecule has 0 amide bonds. The van der Waals surface area contributed by atoms with Gasteiger partial charge in [0.15, 0.2) is 0 Å². The third kappa shape index (κ3) is 1.91. The van der Waals surface area contributed by atoms with Crippen molar-refractivity contribution in [2.45, 2.75) is 13.8 Å². The number of hydrogen-bond donors (Lipinski definition) is 1. The molecule has 0 saturated carbocycles. The first kappa shape index (κ1) is 11.0. The van der Waals surface area contributed by atoms with Gasteiger partial charge < -0.3 is 5.11 Å². The van der Waals surface area contributed by atoms with Crippen LogP contribution in [0.25, 0.3) is 11.1 Å². The van der Waals surface area contributed by atoms with Crippen LogP contribution in [0.3, 0.4) is 0 Å². The van der Waals surface area contributed by atoms with Crippen molar-refractivity contribution in [3.63, 3.8) is 0 Å². The summed E-state index contributed by atoms with van der Waals surface area (Å²) in [5, 5.41) is 10.3. The van der Waals surface area contributed by atoms with Crippen LogP contribution >= 0.6 is 11.6 Å². The summed E-state index contributed by atoms with van der Waals surface area (Å²) in [6, 6.07) is 11.4. The Morgan fingerprint density at radius 2 is 1.81 bits per heavy atom. The summed E-state index contributed by atoms with van der Waals surface area (Å²) in [5.74, 6) is 0.323. The highest BCUT2D eigenvalue weighted by Crippen LogP contribution is 2.30. The van der Waals surface area contributed by atoms with Crippen LogP contribution < -0.4 is 0 Å². The molecule has 2 heteroatoms. The summed E-state index contributed by atoms with van der Waals surface area (Å²) in [7, 11) is 0. The van der Waals surface area contributed by atoms with Gasteiger partial charge in [0.2, 0.25) is 0 Å². The Morgan fingerprint density at radius 1 is 1.06 bits per heavy atom. The van der Waals surface area contributed by atoms with Crippen LogP contribution in [-0.2, 0) is 0 Å². The second-order valence-electron chi connectivity index (χ2n) is 3.91. The summed E-state index contributed by atoms with van der Waals surface area (Å²) in [5.41, 5.74) is 4.12. The van der Waals surface area contributed by atoms with Crippen molar-refractivity contribution >= 4 is 11.6 Å². The van der Waals surface area contributed by atoms with Crippen molar-refractivity contribution in [1.82, 2.24) is 0 Å². The van der Waals surface area contributed by atoms with Gasteiger partial charge >= 0.3 is 0 Å². The summed E-state index contributed by atoms with van der Waals surface area (Å²) < 4.78 is 0. The molecule has 0 aromatic heterocycles. The van der Waals surface area contributed by atoms with E-state index in [9.17, 15) is 5.11 Å². The average Bonchev–Trinajstić information content (AvgIpc) is 2.26. The minimum atomic E-state index is 0.323. The first-order chi connectivity index (χ1) is 7.59. The van der Waals surface area contributed by atoms with Gasteiger partial charge in [-0.1, -0.05) is 29.8 Å². The van der Waals surface area contributed by atoms with Crippen molar-refractivity contribution in [3.05, 3.63) is 52.5 Å². The van der Waals surface area contributed by atoms with Gasteiger partial charge in [0.05, 0.1) is 0 Å². The van der Waals surface area contributed by atoms with Crippen LogP contribution in [0.1, 0.15) is 11.1 Å². The Kier molecular flexibility index (Phi) is 2.88. The molecule has 0 bridgehead atoms. The van der Waals surface area contributed by atoms with E-state index in [1.54, 1.807) is 6.07 Å². The summed E-state index contributed by atoms with van der Waals surface area (Å²) in [4.78, 5) is 0. The fourth-order valence-corrected chi connectivity index (χ4v) is 1.92. The minimum Gasteiger partial charge on any atom is -0.508 e. The zero-order valence-electron chi connectivity index (χ0n) is 9.29. The maximum absolute atomic E-state index is 9.49. The van der Waals surface area contributed by atoms with E-state index >= 15 is 0 Å². The van der Waals surface area contributed by atoms with Gasteiger partial charge in [-0.2, -0.15) is 0 Å². The van der Waals surface area contributed by atoms with E-state index in [4.69, 9.17) is 11.6 Å². The van der Waals surface area contributed by atoms with E-state index in [1.807, 2.05) is 44.2 Å². The second-order valence-corrected chi connectivity index (χ2v) is 4.32. The molecule has 0 aliphatic rings. The number of phenolic OH excluding ortho intramolecular Hbond substituents is 1. The highest BCUT2D eigenvalue weighted by atomic mass is 35.5. The van der Waals surface area contributed by atoms with Crippen molar-refractivity contribution in [2.24, 2.45) is 0 Å². The minimum absolute atomic E-state index is 0.323. The maximum Gasteiger partial charge on any atom is 0.118 e. The molecule has 2 aromatic carbocycles. The summed E-state index contributed by atoms with van der Waals surface area (Å²) in [6.45, 7) is 3.89. The van der Waals surface area contributed by atoms with Crippen molar-refractivity contribution in [3.8, 4) is 16.9 Å². The molecule has 0 aliphatic carbocycles. The maximum atomic E-state index is 9.49. The van der Waals surface area contributed by atoms with E-state index in [2.05, 4.69) is 0 Å².